The van der Waals surface area contributed by atoms with Gasteiger partial charge in [-0.3, -0.25) is 9.89 Å². The van der Waals surface area contributed by atoms with Crippen molar-refractivity contribution >= 4 is 11.7 Å². The number of amides is 1. The molecule has 2 aromatic rings. The number of H-pyrrole nitrogens is 1. The smallest absolute Gasteiger partial charge is 0.240 e. The molecule has 1 aliphatic carbocycles. The Labute approximate surface area is 135 Å². The zero-order chi connectivity index (χ0) is 15.6. The van der Waals surface area contributed by atoms with Gasteiger partial charge in [0.05, 0.1) is 0 Å². The van der Waals surface area contributed by atoms with E-state index in [9.17, 15) is 4.79 Å². The Morgan fingerprint density at radius 1 is 1.22 bits per heavy atom. The molecular weight excluding hydrogens is 290 g/mol. The van der Waals surface area contributed by atoms with E-state index < -0.39 is 0 Å². The summed E-state index contributed by atoms with van der Waals surface area (Å²) in [4.78, 5) is 14.4. The Hall–Kier alpha value is -2.24. The van der Waals surface area contributed by atoms with Crippen molar-refractivity contribution in [3.8, 4) is 0 Å². The molecule has 1 saturated carbocycles. The van der Waals surface area contributed by atoms with Crippen molar-refractivity contribution in [1.82, 2.24) is 20.1 Å². The molecule has 1 amide bonds. The lowest BCUT2D eigenvalue weighted by Gasteiger charge is -2.32. The first-order valence-electron chi connectivity index (χ1n) is 8.48. The molecule has 122 valence electrons. The molecular formula is C17H23N5O. The summed E-state index contributed by atoms with van der Waals surface area (Å²) in [5.41, 5.74) is 1.28. The van der Waals surface area contributed by atoms with E-state index in [-0.39, 0.29) is 11.9 Å². The van der Waals surface area contributed by atoms with Crippen LogP contribution in [0, 0.1) is 0 Å². The fraction of sp³-hybridized carbons (Fsp3) is 0.529. The van der Waals surface area contributed by atoms with Gasteiger partial charge in [-0.25, -0.2) is 0 Å². The van der Waals surface area contributed by atoms with Crippen molar-refractivity contribution < 1.29 is 4.79 Å². The Kier molecular flexibility index (Phi) is 3.81. The number of carbonyl (C=O) groups excluding carboxylic acids is 1. The molecule has 2 N–H and O–H groups in total. The third-order valence-corrected chi connectivity index (χ3v) is 4.78. The van der Waals surface area contributed by atoms with E-state index >= 15 is 0 Å². The van der Waals surface area contributed by atoms with E-state index in [0.717, 1.165) is 31.7 Å². The third-order valence-electron chi connectivity index (χ3n) is 4.78. The Morgan fingerprint density at radius 2 is 1.96 bits per heavy atom. The number of anilines is 1. The molecule has 1 saturated heterocycles. The summed E-state index contributed by atoms with van der Waals surface area (Å²) in [7, 11) is 0. The lowest BCUT2D eigenvalue weighted by molar-refractivity contribution is -0.122. The van der Waals surface area contributed by atoms with Crippen LogP contribution in [0.25, 0.3) is 0 Å². The standard InChI is InChI=1S/C17H23N5O/c23-17(12-21-7-1-2-8-21)18-14-5-9-22(10-6-14)16-11-15(19-20-16)13-3-4-13/h1-2,7-8,11,13-14H,3-6,9-10,12H2,(H,18,23)(H,19,20). The third kappa shape index (κ3) is 3.41. The maximum atomic E-state index is 12.1. The summed E-state index contributed by atoms with van der Waals surface area (Å²) in [6, 6.07) is 6.34. The number of carbonyl (C=O) groups is 1. The van der Waals surface area contributed by atoms with Gasteiger partial charge in [-0.05, 0) is 37.8 Å². The fourth-order valence-corrected chi connectivity index (χ4v) is 3.26. The van der Waals surface area contributed by atoms with Crippen LogP contribution in [0.15, 0.2) is 30.6 Å². The van der Waals surface area contributed by atoms with Crippen LogP contribution in [0.2, 0.25) is 0 Å². The number of piperidine rings is 1. The van der Waals surface area contributed by atoms with Crippen LogP contribution >= 0.6 is 0 Å². The monoisotopic (exact) mass is 313 g/mol. The Morgan fingerprint density at radius 3 is 2.65 bits per heavy atom. The number of nitrogens with zero attached hydrogens (tertiary/aromatic N) is 3. The molecule has 0 atom stereocenters. The highest BCUT2D eigenvalue weighted by molar-refractivity contribution is 5.76. The van der Waals surface area contributed by atoms with Crippen molar-refractivity contribution in [1.29, 1.82) is 0 Å². The average molecular weight is 313 g/mol. The van der Waals surface area contributed by atoms with Crippen molar-refractivity contribution in [3.05, 3.63) is 36.3 Å². The Balaban J connectivity index is 1.26. The van der Waals surface area contributed by atoms with E-state index in [1.807, 2.05) is 29.1 Å². The predicted octanol–water partition coefficient (Wildman–Crippen LogP) is 1.87. The van der Waals surface area contributed by atoms with Gasteiger partial charge in [-0.15, -0.1) is 0 Å². The van der Waals surface area contributed by atoms with Gasteiger partial charge >= 0.3 is 0 Å². The summed E-state index contributed by atoms with van der Waals surface area (Å²) < 4.78 is 1.90. The minimum absolute atomic E-state index is 0.0930. The van der Waals surface area contributed by atoms with Crippen LogP contribution in [-0.2, 0) is 11.3 Å². The van der Waals surface area contributed by atoms with Crippen LogP contribution in [0.4, 0.5) is 5.82 Å². The first-order chi connectivity index (χ1) is 11.3. The number of hydrogen-bond donors (Lipinski definition) is 2. The molecule has 0 unspecified atom stereocenters. The lowest BCUT2D eigenvalue weighted by Crippen LogP contribution is -2.45. The highest BCUT2D eigenvalue weighted by Crippen LogP contribution is 2.40. The zero-order valence-corrected chi connectivity index (χ0v) is 13.2. The highest BCUT2D eigenvalue weighted by Gasteiger charge is 2.27. The molecule has 0 radical (unpaired) electrons. The van der Waals surface area contributed by atoms with Crippen LogP contribution in [0.5, 0.6) is 0 Å². The fourth-order valence-electron chi connectivity index (χ4n) is 3.26. The average Bonchev–Trinajstić information content (AvgIpc) is 3.07. The van der Waals surface area contributed by atoms with Gasteiger partial charge in [-0.2, -0.15) is 5.10 Å². The van der Waals surface area contributed by atoms with Crippen molar-refractivity contribution in [2.75, 3.05) is 18.0 Å². The highest BCUT2D eigenvalue weighted by atomic mass is 16.2. The molecule has 2 aliphatic rings. The first kappa shape index (κ1) is 14.4. The maximum absolute atomic E-state index is 12.1. The van der Waals surface area contributed by atoms with Gasteiger partial charge in [0.15, 0.2) is 5.82 Å². The summed E-state index contributed by atoms with van der Waals surface area (Å²) in [5, 5.41) is 10.8. The van der Waals surface area contributed by atoms with Gasteiger partial charge in [0.25, 0.3) is 0 Å². The van der Waals surface area contributed by atoms with Gasteiger partial charge in [-0.1, -0.05) is 0 Å². The topological polar surface area (TPSA) is 66.0 Å². The van der Waals surface area contributed by atoms with Crippen LogP contribution in [-0.4, -0.2) is 39.8 Å². The van der Waals surface area contributed by atoms with Gasteiger partial charge in [0.2, 0.25) is 5.91 Å². The quantitative estimate of drug-likeness (QED) is 0.885. The second kappa shape index (κ2) is 6.10. The summed E-state index contributed by atoms with van der Waals surface area (Å²) in [5.74, 6) is 1.86. The molecule has 6 heteroatoms. The van der Waals surface area contributed by atoms with Gasteiger partial charge in [0.1, 0.15) is 6.54 Å². The van der Waals surface area contributed by atoms with Gasteiger partial charge < -0.3 is 14.8 Å². The molecule has 0 spiro atoms. The minimum Gasteiger partial charge on any atom is -0.355 e. The summed E-state index contributed by atoms with van der Waals surface area (Å²) in [6.45, 7) is 2.30. The summed E-state index contributed by atoms with van der Waals surface area (Å²) in [6.07, 6.45) is 8.36. The van der Waals surface area contributed by atoms with E-state index in [1.165, 1.54) is 18.5 Å². The lowest BCUT2D eigenvalue weighted by atomic mass is 10.0. The van der Waals surface area contributed by atoms with E-state index in [4.69, 9.17) is 0 Å². The molecule has 4 rings (SSSR count). The van der Waals surface area contributed by atoms with E-state index in [2.05, 4.69) is 26.5 Å². The molecule has 6 nitrogen and oxygen atoms in total. The number of aromatic nitrogens is 3. The number of hydrogen-bond acceptors (Lipinski definition) is 3. The predicted molar refractivity (Wildman–Crippen MR) is 88.4 cm³/mol. The SMILES string of the molecule is O=C(Cn1cccc1)NC1CCN(c2cc(C3CC3)[nH]n2)CC1. The molecule has 1 aliphatic heterocycles. The Bertz CT molecular complexity index is 650. The van der Waals surface area contributed by atoms with Crippen molar-refractivity contribution in [3.63, 3.8) is 0 Å². The first-order valence-corrected chi connectivity index (χ1v) is 8.48. The van der Waals surface area contributed by atoms with Gasteiger partial charge in [0, 0.05) is 49.2 Å². The molecule has 0 aromatic carbocycles. The molecule has 3 heterocycles. The van der Waals surface area contributed by atoms with E-state index in [0.29, 0.717) is 12.5 Å². The van der Waals surface area contributed by atoms with Crippen LogP contribution in [0.3, 0.4) is 0 Å². The van der Waals surface area contributed by atoms with E-state index in [1.54, 1.807) is 0 Å². The molecule has 2 aromatic heterocycles. The second-order valence-corrected chi connectivity index (χ2v) is 6.64. The number of nitrogens with one attached hydrogen (secondary N) is 2. The zero-order valence-electron chi connectivity index (χ0n) is 13.2. The second-order valence-electron chi connectivity index (χ2n) is 6.64. The minimum atomic E-state index is 0.0930. The maximum Gasteiger partial charge on any atom is 0.240 e. The number of aromatic amines is 1. The summed E-state index contributed by atoms with van der Waals surface area (Å²) >= 11 is 0. The van der Waals surface area contributed by atoms with Crippen molar-refractivity contribution in [2.24, 2.45) is 0 Å². The largest absolute Gasteiger partial charge is 0.355 e. The molecule has 0 bridgehead atoms. The number of rotatable bonds is 5. The van der Waals surface area contributed by atoms with Crippen LogP contribution < -0.4 is 10.2 Å². The van der Waals surface area contributed by atoms with Crippen LogP contribution in [0.1, 0.15) is 37.3 Å². The molecule has 23 heavy (non-hydrogen) atoms. The molecule has 2 fully saturated rings. The normalized spacial score (nSPS) is 19.0. The van der Waals surface area contributed by atoms with Crippen molar-refractivity contribution in [2.45, 2.75) is 44.2 Å².